The molecule has 0 spiro atoms. The highest BCUT2D eigenvalue weighted by Gasteiger charge is 2.44. The molecule has 1 aliphatic rings. The summed E-state index contributed by atoms with van der Waals surface area (Å²) in [4.78, 5) is 50.0. The molecule has 2 heterocycles. The highest BCUT2D eigenvalue weighted by atomic mass is 16.7. The molecule has 6 rings (SSSR count). The van der Waals surface area contributed by atoms with Crippen molar-refractivity contribution >= 4 is 11.8 Å². The van der Waals surface area contributed by atoms with E-state index < -0.39 is 46.4 Å². The fourth-order valence-corrected chi connectivity index (χ4v) is 5.65. The molecule has 0 amide bonds. The fourth-order valence-electron chi connectivity index (χ4n) is 5.65. The predicted octanol–water partition coefficient (Wildman–Crippen LogP) is 5.33. The van der Waals surface area contributed by atoms with Crippen LogP contribution in [0.2, 0.25) is 0 Å². The van der Waals surface area contributed by atoms with Crippen LogP contribution in [-0.2, 0) is 19.8 Å². The number of non-ortho nitro benzene ring substituents is 1. The molecule has 0 aliphatic carbocycles. The quantitative estimate of drug-likeness (QED) is 0.0706. The van der Waals surface area contributed by atoms with Crippen LogP contribution in [0.1, 0.15) is 29.3 Å². The van der Waals surface area contributed by atoms with Crippen molar-refractivity contribution in [1.82, 2.24) is 9.55 Å². The number of nitrogens with zero attached hydrogens (tertiary/aromatic N) is 2. The van der Waals surface area contributed by atoms with Gasteiger partial charge in [-0.25, -0.2) is 9.59 Å². The first-order chi connectivity index (χ1) is 22.8. The van der Waals surface area contributed by atoms with Gasteiger partial charge in [-0.2, -0.15) is 0 Å². The van der Waals surface area contributed by atoms with Gasteiger partial charge >= 0.3 is 11.8 Å². The standard InChI is InChI=1S/C35H29N3O9/c39-31-20-21-37(33(40)36-31)32-22-29(47-34(41)45-28-18-16-27(17-19-28)38(42)43)30(46-32)23-44-35(24-10-4-1-5-11-24,25-12-6-2-7-13-25)26-14-8-3-9-15-26/h1-21,29-30,32H,22-23H2,(H,36,39,40). The van der Waals surface area contributed by atoms with Crippen LogP contribution in [0.25, 0.3) is 0 Å². The van der Waals surface area contributed by atoms with Crippen LogP contribution >= 0.6 is 0 Å². The minimum Gasteiger partial charge on any atom is -0.428 e. The maximum Gasteiger partial charge on any atom is 0.514 e. The highest BCUT2D eigenvalue weighted by Crippen LogP contribution is 2.42. The molecule has 47 heavy (non-hydrogen) atoms. The van der Waals surface area contributed by atoms with Gasteiger partial charge in [0.1, 0.15) is 29.8 Å². The number of benzene rings is 4. The third-order valence-electron chi connectivity index (χ3n) is 7.84. The highest BCUT2D eigenvalue weighted by molar-refractivity contribution is 5.64. The largest absolute Gasteiger partial charge is 0.514 e. The molecule has 3 unspecified atom stereocenters. The Morgan fingerprint density at radius 2 is 1.40 bits per heavy atom. The molecule has 1 N–H and O–H groups in total. The number of rotatable bonds is 10. The monoisotopic (exact) mass is 635 g/mol. The van der Waals surface area contributed by atoms with Gasteiger partial charge in [-0.3, -0.25) is 24.5 Å². The summed E-state index contributed by atoms with van der Waals surface area (Å²) in [7, 11) is 0. The van der Waals surface area contributed by atoms with Crippen molar-refractivity contribution < 1.29 is 28.7 Å². The average molecular weight is 636 g/mol. The molecule has 4 aromatic carbocycles. The van der Waals surface area contributed by atoms with E-state index in [1.165, 1.54) is 41.1 Å². The van der Waals surface area contributed by atoms with Crippen LogP contribution in [0.5, 0.6) is 5.75 Å². The van der Waals surface area contributed by atoms with Gasteiger partial charge in [-0.1, -0.05) is 91.0 Å². The number of hydrogen-bond acceptors (Lipinski definition) is 9. The number of aromatic nitrogens is 2. The first-order valence-electron chi connectivity index (χ1n) is 14.7. The molecule has 0 bridgehead atoms. The molecule has 1 fully saturated rings. The van der Waals surface area contributed by atoms with Crippen molar-refractivity contribution in [3.05, 3.63) is 175 Å². The lowest BCUT2D eigenvalue weighted by atomic mass is 9.80. The van der Waals surface area contributed by atoms with Gasteiger partial charge in [0.25, 0.3) is 11.2 Å². The summed E-state index contributed by atoms with van der Waals surface area (Å²) in [6, 6.07) is 35.2. The van der Waals surface area contributed by atoms with E-state index in [0.29, 0.717) is 0 Å². The molecule has 3 atom stereocenters. The van der Waals surface area contributed by atoms with Gasteiger partial charge in [0.2, 0.25) is 0 Å². The van der Waals surface area contributed by atoms with Crippen molar-refractivity contribution in [2.75, 3.05) is 6.61 Å². The molecule has 5 aromatic rings. The number of nitrogens with one attached hydrogen (secondary N) is 1. The maximum absolute atomic E-state index is 13.0. The van der Waals surface area contributed by atoms with Crippen molar-refractivity contribution in [3.63, 3.8) is 0 Å². The van der Waals surface area contributed by atoms with E-state index in [4.69, 9.17) is 18.9 Å². The van der Waals surface area contributed by atoms with Crippen LogP contribution in [0.3, 0.4) is 0 Å². The zero-order chi connectivity index (χ0) is 32.8. The predicted molar refractivity (Wildman–Crippen MR) is 169 cm³/mol. The normalized spacial score (nSPS) is 17.6. The second-order valence-electron chi connectivity index (χ2n) is 10.7. The third kappa shape index (κ3) is 6.73. The Kier molecular flexibility index (Phi) is 9.04. The average Bonchev–Trinajstić information content (AvgIpc) is 3.48. The Hall–Kier alpha value is -5.85. The lowest BCUT2D eigenvalue weighted by Gasteiger charge is -2.37. The van der Waals surface area contributed by atoms with E-state index >= 15 is 0 Å². The summed E-state index contributed by atoms with van der Waals surface area (Å²) in [5.74, 6) is 0.0389. The lowest BCUT2D eigenvalue weighted by molar-refractivity contribution is -0.384. The summed E-state index contributed by atoms with van der Waals surface area (Å²) in [6.07, 6.45) is -2.49. The van der Waals surface area contributed by atoms with Gasteiger partial charge in [-0.05, 0) is 28.8 Å². The Balaban J connectivity index is 1.32. The van der Waals surface area contributed by atoms with Crippen LogP contribution in [-0.4, -0.2) is 39.4 Å². The minimum atomic E-state index is -1.11. The van der Waals surface area contributed by atoms with Gasteiger partial charge in [0.15, 0.2) is 0 Å². The Morgan fingerprint density at radius 1 is 0.851 bits per heavy atom. The minimum absolute atomic E-state index is 0.0321. The SMILES string of the molecule is O=C(Oc1ccc([N+](=O)[O-])cc1)OC1CC(n2ccc(=O)[nH]c2=O)OC1COC(c1ccccc1)(c1ccccc1)c1ccccc1. The number of ether oxygens (including phenoxy) is 4. The van der Waals surface area contributed by atoms with Crippen LogP contribution in [0, 0.1) is 10.1 Å². The van der Waals surface area contributed by atoms with Gasteiger partial charge in [0.05, 0.1) is 11.5 Å². The second kappa shape index (κ2) is 13.6. The molecular weight excluding hydrogens is 606 g/mol. The molecular formula is C35H29N3O9. The Morgan fingerprint density at radius 3 is 1.91 bits per heavy atom. The Labute approximate surface area is 267 Å². The smallest absolute Gasteiger partial charge is 0.428 e. The van der Waals surface area contributed by atoms with Gasteiger partial charge in [-0.15, -0.1) is 0 Å². The van der Waals surface area contributed by atoms with Crippen LogP contribution in [0.4, 0.5) is 10.5 Å². The number of H-pyrrole nitrogens is 1. The zero-order valence-corrected chi connectivity index (χ0v) is 24.8. The zero-order valence-electron chi connectivity index (χ0n) is 24.8. The van der Waals surface area contributed by atoms with Crippen molar-refractivity contribution in [3.8, 4) is 5.75 Å². The summed E-state index contributed by atoms with van der Waals surface area (Å²) in [5.41, 5.74) is 0.00572. The maximum atomic E-state index is 13.0. The van der Waals surface area contributed by atoms with Gasteiger partial charge in [0, 0.05) is 30.8 Å². The summed E-state index contributed by atoms with van der Waals surface area (Å²) < 4.78 is 25.4. The van der Waals surface area contributed by atoms with Crippen LogP contribution < -0.4 is 16.0 Å². The topological polar surface area (TPSA) is 152 Å². The fraction of sp³-hybridized carbons (Fsp3) is 0.171. The molecule has 0 radical (unpaired) electrons. The first kappa shape index (κ1) is 31.1. The molecule has 12 nitrogen and oxygen atoms in total. The van der Waals surface area contributed by atoms with E-state index in [0.717, 1.165) is 16.7 Å². The summed E-state index contributed by atoms with van der Waals surface area (Å²) in [6.45, 7) is -0.0945. The van der Waals surface area contributed by atoms with E-state index in [2.05, 4.69) is 4.98 Å². The molecule has 12 heteroatoms. The number of aromatic amines is 1. The van der Waals surface area contributed by atoms with E-state index in [1.54, 1.807) is 0 Å². The van der Waals surface area contributed by atoms with Crippen LogP contribution in [0.15, 0.2) is 137 Å². The number of nitro groups is 1. The van der Waals surface area contributed by atoms with E-state index in [1.807, 2.05) is 91.0 Å². The number of hydrogen-bond donors (Lipinski definition) is 1. The van der Waals surface area contributed by atoms with E-state index in [-0.39, 0.29) is 24.5 Å². The molecule has 238 valence electrons. The van der Waals surface area contributed by atoms with Crippen molar-refractivity contribution in [2.45, 2.75) is 30.5 Å². The first-order valence-corrected chi connectivity index (χ1v) is 14.7. The molecule has 1 saturated heterocycles. The van der Waals surface area contributed by atoms with Crippen molar-refractivity contribution in [2.24, 2.45) is 0 Å². The molecule has 1 aliphatic heterocycles. The number of carbonyl (C=O) groups excluding carboxylic acids is 1. The summed E-state index contributed by atoms with van der Waals surface area (Å²) in [5, 5.41) is 11.0. The third-order valence-corrected chi connectivity index (χ3v) is 7.84. The Bertz CT molecular complexity index is 1850. The van der Waals surface area contributed by atoms with E-state index in [9.17, 15) is 24.5 Å². The second-order valence-corrected chi connectivity index (χ2v) is 10.7. The molecule has 1 aromatic heterocycles. The number of nitro benzene ring substituents is 1. The van der Waals surface area contributed by atoms with Crippen molar-refractivity contribution in [1.29, 1.82) is 0 Å². The lowest BCUT2D eigenvalue weighted by Crippen LogP contribution is -2.39. The van der Waals surface area contributed by atoms with Gasteiger partial charge < -0.3 is 18.9 Å². The molecule has 0 saturated carbocycles. The summed E-state index contributed by atoms with van der Waals surface area (Å²) >= 11 is 0. The number of carbonyl (C=O) groups is 1.